The number of benzene rings is 1. The van der Waals surface area contributed by atoms with Gasteiger partial charge in [0.25, 0.3) is 0 Å². The number of hydrogen-bond acceptors (Lipinski definition) is 4. The average Bonchev–Trinajstić information content (AvgIpc) is 3.27. The molecule has 0 radical (unpaired) electrons. The van der Waals surface area contributed by atoms with E-state index in [-0.39, 0.29) is 5.82 Å². The van der Waals surface area contributed by atoms with Crippen molar-refractivity contribution < 1.29 is 4.39 Å². The minimum absolute atomic E-state index is 0.280. The van der Waals surface area contributed by atoms with Crippen molar-refractivity contribution in [2.75, 3.05) is 13.1 Å². The molecule has 4 aromatic rings. The molecule has 1 N–H and O–H groups in total. The van der Waals surface area contributed by atoms with Crippen LogP contribution in [0.15, 0.2) is 30.6 Å². The lowest BCUT2D eigenvalue weighted by atomic mass is 10.1. The van der Waals surface area contributed by atoms with Gasteiger partial charge in [-0.3, -0.25) is 9.36 Å². The van der Waals surface area contributed by atoms with Crippen molar-refractivity contribution in [2.24, 2.45) is 7.05 Å². The van der Waals surface area contributed by atoms with Gasteiger partial charge in [0.15, 0.2) is 5.82 Å². The molecule has 5 nitrogen and oxygen atoms in total. The first kappa shape index (κ1) is 15.0. The number of aromatic nitrogens is 4. The van der Waals surface area contributed by atoms with E-state index in [1.807, 2.05) is 12.3 Å². The molecule has 0 aliphatic carbocycles. The molecule has 0 bridgehead atoms. The summed E-state index contributed by atoms with van der Waals surface area (Å²) in [6.07, 6.45) is 6.31. The Kier molecular flexibility index (Phi) is 3.39. The van der Waals surface area contributed by atoms with Gasteiger partial charge < -0.3 is 5.32 Å². The summed E-state index contributed by atoms with van der Waals surface area (Å²) in [5.41, 5.74) is 1.30. The third kappa shape index (κ3) is 2.54. The minimum Gasteiger partial charge on any atom is -0.315 e. The molecule has 0 spiro atoms. The van der Waals surface area contributed by atoms with E-state index >= 15 is 0 Å². The van der Waals surface area contributed by atoms with Crippen LogP contribution in [-0.2, 0) is 7.05 Å². The maximum Gasteiger partial charge on any atom is 0.151 e. The Morgan fingerprint density at radius 1 is 1.20 bits per heavy atom. The molecule has 1 aromatic carbocycles. The molecule has 1 aliphatic rings. The molecule has 7 heteroatoms. The van der Waals surface area contributed by atoms with Gasteiger partial charge in [0.2, 0.25) is 0 Å². The highest BCUT2D eigenvalue weighted by molar-refractivity contribution is 7.21. The van der Waals surface area contributed by atoms with Crippen LogP contribution in [0.1, 0.15) is 18.9 Å². The van der Waals surface area contributed by atoms with Gasteiger partial charge in [0.05, 0.1) is 6.04 Å². The smallest absolute Gasteiger partial charge is 0.151 e. The first-order valence-corrected chi connectivity index (χ1v) is 9.32. The summed E-state index contributed by atoms with van der Waals surface area (Å²) in [5, 5.41) is 14.3. The lowest BCUT2D eigenvalue weighted by molar-refractivity contribution is 0.348. The quantitative estimate of drug-likeness (QED) is 0.596. The Bertz CT molecular complexity index is 1040. The molecular weight excluding hydrogens is 337 g/mol. The standard InChI is InChI=1S/C18H18FN5S/c1-23-9-12-5-11(6-15(19)17(12)21-23)16-7-13-10-24(22-18(13)25-16)14-3-2-4-20-8-14/h5-7,9-10,14,20H,2-4,8H2,1H3. The van der Waals surface area contributed by atoms with Crippen LogP contribution in [0, 0.1) is 5.82 Å². The van der Waals surface area contributed by atoms with E-state index in [0.717, 1.165) is 45.6 Å². The Balaban J connectivity index is 1.53. The zero-order valence-corrected chi connectivity index (χ0v) is 14.7. The third-order valence-corrected chi connectivity index (χ3v) is 5.91. The Morgan fingerprint density at radius 2 is 2.12 bits per heavy atom. The fourth-order valence-electron chi connectivity index (χ4n) is 3.59. The first-order chi connectivity index (χ1) is 12.2. The van der Waals surface area contributed by atoms with Crippen LogP contribution in [0.2, 0.25) is 0 Å². The fourth-order valence-corrected chi connectivity index (χ4v) is 4.58. The van der Waals surface area contributed by atoms with Gasteiger partial charge in [-0.25, -0.2) is 4.39 Å². The van der Waals surface area contributed by atoms with Crippen molar-refractivity contribution >= 4 is 32.5 Å². The Labute approximate surface area is 148 Å². The number of hydrogen-bond donors (Lipinski definition) is 1. The Hall–Kier alpha value is -2.25. The fraction of sp³-hybridized carbons (Fsp3) is 0.333. The monoisotopic (exact) mass is 355 g/mol. The number of aryl methyl sites for hydroxylation is 1. The zero-order valence-electron chi connectivity index (χ0n) is 13.9. The second kappa shape index (κ2) is 5.64. The topological polar surface area (TPSA) is 47.7 Å². The highest BCUT2D eigenvalue weighted by Crippen LogP contribution is 2.35. The molecule has 1 unspecified atom stereocenters. The highest BCUT2D eigenvalue weighted by atomic mass is 32.1. The van der Waals surface area contributed by atoms with Gasteiger partial charge in [0, 0.05) is 41.6 Å². The number of rotatable bonds is 2. The first-order valence-electron chi connectivity index (χ1n) is 8.50. The second-order valence-electron chi connectivity index (χ2n) is 6.68. The van der Waals surface area contributed by atoms with Crippen molar-refractivity contribution in [2.45, 2.75) is 18.9 Å². The molecule has 0 saturated carbocycles. The molecule has 1 saturated heterocycles. The predicted molar refractivity (Wildman–Crippen MR) is 98.4 cm³/mol. The van der Waals surface area contributed by atoms with E-state index in [1.165, 1.54) is 6.42 Å². The van der Waals surface area contributed by atoms with E-state index < -0.39 is 0 Å². The minimum atomic E-state index is -0.280. The van der Waals surface area contributed by atoms with Crippen molar-refractivity contribution in [3.05, 3.63) is 36.4 Å². The van der Waals surface area contributed by atoms with E-state index in [0.29, 0.717) is 11.6 Å². The summed E-state index contributed by atoms with van der Waals surface area (Å²) in [6, 6.07) is 6.10. The third-order valence-electron chi connectivity index (χ3n) is 4.82. The van der Waals surface area contributed by atoms with Crippen LogP contribution in [0.4, 0.5) is 4.39 Å². The maximum atomic E-state index is 14.3. The van der Waals surface area contributed by atoms with Crippen molar-refractivity contribution in [3.8, 4) is 10.4 Å². The molecule has 5 rings (SSSR count). The van der Waals surface area contributed by atoms with Gasteiger partial charge >= 0.3 is 0 Å². The highest BCUT2D eigenvalue weighted by Gasteiger charge is 2.18. The number of thiophene rings is 1. The number of piperidine rings is 1. The lowest BCUT2D eigenvalue weighted by Crippen LogP contribution is -2.31. The van der Waals surface area contributed by atoms with E-state index in [9.17, 15) is 4.39 Å². The van der Waals surface area contributed by atoms with Gasteiger partial charge in [0.1, 0.15) is 10.3 Å². The van der Waals surface area contributed by atoms with Crippen molar-refractivity contribution in [3.63, 3.8) is 0 Å². The maximum absolute atomic E-state index is 14.3. The number of nitrogens with zero attached hydrogens (tertiary/aromatic N) is 4. The summed E-state index contributed by atoms with van der Waals surface area (Å²) in [7, 11) is 1.81. The van der Waals surface area contributed by atoms with Gasteiger partial charge in [-0.1, -0.05) is 0 Å². The van der Waals surface area contributed by atoms with E-state index in [2.05, 4.69) is 27.4 Å². The molecule has 1 aliphatic heterocycles. The van der Waals surface area contributed by atoms with Gasteiger partial charge in [-0.15, -0.1) is 11.3 Å². The van der Waals surface area contributed by atoms with Crippen molar-refractivity contribution in [1.29, 1.82) is 0 Å². The van der Waals surface area contributed by atoms with Crippen LogP contribution in [-0.4, -0.2) is 32.7 Å². The molecule has 4 heterocycles. The molecule has 0 amide bonds. The molecule has 1 atom stereocenters. The van der Waals surface area contributed by atoms with Crippen LogP contribution in [0.5, 0.6) is 0 Å². The number of halogens is 1. The second-order valence-corrected chi connectivity index (χ2v) is 7.71. The average molecular weight is 355 g/mol. The van der Waals surface area contributed by atoms with E-state index in [1.54, 1.807) is 29.1 Å². The summed E-state index contributed by atoms with van der Waals surface area (Å²) < 4.78 is 18.1. The molecule has 1 fully saturated rings. The van der Waals surface area contributed by atoms with Crippen LogP contribution >= 0.6 is 11.3 Å². The van der Waals surface area contributed by atoms with Gasteiger partial charge in [-0.05, 0) is 43.1 Å². The normalized spacial score (nSPS) is 18.4. The van der Waals surface area contributed by atoms with Crippen LogP contribution in [0.3, 0.4) is 0 Å². The SMILES string of the molecule is Cn1cc2cc(-c3cc4cn(C5CCCNC5)nc4s3)cc(F)c2n1. The van der Waals surface area contributed by atoms with E-state index in [4.69, 9.17) is 5.10 Å². The summed E-state index contributed by atoms with van der Waals surface area (Å²) in [5.74, 6) is -0.280. The summed E-state index contributed by atoms with van der Waals surface area (Å²) >= 11 is 1.61. The number of nitrogens with one attached hydrogen (secondary N) is 1. The lowest BCUT2D eigenvalue weighted by Gasteiger charge is -2.22. The Morgan fingerprint density at radius 3 is 2.92 bits per heavy atom. The molecule has 25 heavy (non-hydrogen) atoms. The van der Waals surface area contributed by atoms with Crippen LogP contribution < -0.4 is 5.32 Å². The zero-order chi connectivity index (χ0) is 17.0. The summed E-state index contributed by atoms with van der Waals surface area (Å²) in [6.45, 7) is 2.07. The number of fused-ring (bicyclic) bond motifs is 2. The van der Waals surface area contributed by atoms with Crippen LogP contribution in [0.25, 0.3) is 31.6 Å². The van der Waals surface area contributed by atoms with Crippen molar-refractivity contribution in [1.82, 2.24) is 24.9 Å². The molecule has 3 aromatic heterocycles. The largest absolute Gasteiger partial charge is 0.315 e. The predicted octanol–water partition coefficient (Wildman–Crippen LogP) is 3.72. The van der Waals surface area contributed by atoms with Gasteiger partial charge in [-0.2, -0.15) is 10.2 Å². The molecule has 128 valence electrons. The summed E-state index contributed by atoms with van der Waals surface area (Å²) in [4.78, 5) is 2.04. The molecular formula is C18H18FN5S.